The number of rotatable bonds is 4. The van der Waals surface area contributed by atoms with Gasteiger partial charge in [-0.15, -0.1) is 0 Å². The van der Waals surface area contributed by atoms with Crippen molar-refractivity contribution < 1.29 is 9.53 Å². The van der Waals surface area contributed by atoms with E-state index in [1.807, 2.05) is 30.3 Å². The van der Waals surface area contributed by atoms with E-state index < -0.39 is 6.04 Å². The first-order chi connectivity index (χ1) is 8.77. The molecule has 0 bridgehead atoms. The van der Waals surface area contributed by atoms with Crippen molar-refractivity contribution >= 4 is 5.91 Å². The minimum Gasteiger partial charge on any atom is -0.381 e. The Morgan fingerprint density at radius 3 is 2.67 bits per heavy atom. The number of amides is 1. The van der Waals surface area contributed by atoms with Gasteiger partial charge in [-0.05, 0) is 24.3 Å². The second-order valence-electron chi connectivity index (χ2n) is 4.69. The van der Waals surface area contributed by atoms with Crippen LogP contribution in [0.2, 0.25) is 0 Å². The van der Waals surface area contributed by atoms with Crippen LogP contribution in [0, 0.1) is 5.92 Å². The maximum atomic E-state index is 11.9. The van der Waals surface area contributed by atoms with Crippen LogP contribution in [0.5, 0.6) is 0 Å². The zero-order chi connectivity index (χ0) is 12.8. The molecule has 1 amide bonds. The maximum Gasteiger partial charge on any atom is 0.241 e. The largest absolute Gasteiger partial charge is 0.381 e. The first-order valence-corrected chi connectivity index (χ1v) is 6.43. The van der Waals surface area contributed by atoms with Gasteiger partial charge in [0.25, 0.3) is 0 Å². The van der Waals surface area contributed by atoms with Gasteiger partial charge in [-0.3, -0.25) is 4.79 Å². The summed E-state index contributed by atoms with van der Waals surface area (Å²) in [6.07, 6.45) is 2.03. The quantitative estimate of drug-likeness (QED) is 0.842. The van der Waals surface area contributed by atoms with Crippen molar-refractivity contribution in [3.05, 3.63) is 35.9 Å². The van der Waals surface area contributed by atoms with Gasteiger partial charge in [-0.1, -0.05) is 30.3 Å². The number of hydrogen-bond acceptors (Lipinski definition) is 3. The van der Waals surface area contributed by atoms with E-state index in [1.54, 1.807) is 0 Å². The van der Waals surface area contributed by atoms with Crippen LogP contribution in [0.4, 0.5) is 0 Å². The molecule has 1 aromatic carbocycles. The lowest BCUT2D eigenvalue weighted by atomic mass is 10.00. The number of hydrogen-bond donors (Lipinski definition) is 2. The van der Waals surface area contributed by atoms with Crippen molar-refractivity contribution in [3.63, 3.8) is 0 Å². The molecule has 1 unspecified atom stereocenters. The highest BCUT2D eigenvalue weighted by molar-refractivity contribution is 5.82. The van der Waals surface area contributed by atoms with Crippen molar-refractivity contribution in [2.75, 3.05) is 19.8 Å². The molecule has 98 valence electrons. The smallest absolute Gasteiger partial charge is 0.241 e. The lowest BCUT2D eigenvalue weighted by Gasteiger charge is -2.23. The van der Waals surface area contributed by atoms with Crippen LogP contribution < -0.4 is 11.1 Å². The summed E-state index contributed by atoms with van der Waals surface area (Å²) in [5, 5.41) is 2.93. The van der Waals surface area contributed by atoms with E-state index >= 15 is 0 Å². The molecule has 18 heavy (non-hydrogen) atoms. The topological polar surface area (TPSA) is 64.4 Å². The first kappa shape index (κ1) is 13.1. The molecule has 3 N–H and O–H groups in total. The lowest BCUT2D eigenvalue weighted by Crippen LogP contribution is -2.38. The molecule has 1 atom stereocenters. The third-order valence-corrected chi connectivity index (χ3v) is 3.35. The second-order valence-corrected chi connectivity index (χ2v) is 4.69. The summed E-state index contributed by atoms with van der Waals surface area (Å²) in [5.41, 5.74) is 6.77. The Morgan fingerprint density at radius 1 is 1.33 bits per heavy atom. The zero-order valence-corrected chi connectivity index (χ0v) is 10.5. The van der Waals surface area contributed by atoms with E-state index in [0.717, 1.165) is 31.6 Å². The van der Waals surface area contributed by atoms with E-state index in [0.29, 0.717) is 12.5 Å². The first-order valence-electron chi connectivity index (χ1n) is 6.43. The van der Waals surface area contributed by atoms with Crippen molar-refractivity contribution in [2.45, 2.75) is 18.9 Å². The predicted octanol–water partition coefficient (Wildman–Crippen LogP) is 1.23. The molecule has 4 heteroatoms. The molecule has 0 aliphatic carbocycles. The Hall–Kier alpha value is -1.39. The van der Waals surface area contributed by atoms with Crippen LogP contribution in [0.1, 0.15) is 24.4 Å². The molecule has 1 aliphatic rings. The van der Waals surface area contributed by atoms with Crippen LogP contribution in [-0.4, -0.2) is 25.7 Å². The second kappa shape index (κ2) is 6.52. The van der Waals surface area contributed by atoms with Gasteiger partial charge in [-0.2, -0.15) is 0 Å². The summed E-state index contributed by atoms with van der Waals surface area (Å²) in [7, 11) is 0. The van der Waals surface area contributed by atoms with Gasteiger partial charge in [0, 0.05) is 19.8 Å². The normalized spacial score (nSPS) is 18.3. The Kier molecular flexibility index (Phi) is 4.73. The summed E-state index contributed by atoms with van der Waals surface area (Å²) >= 11 is 0. The van der Waals surface area contributed by atoms with Gasteiger partial charge < -0.3 is 15.8 Å². The Labute approximate surface area is 108 Å². The monoisotopic (exact) mass is 248 g/mol. The van der Waals surface area contributed by atoms with Crippen LogP contribution >= 0.6 is 0 Å². The highest BCUT2D eigenvalue weighted by Crippen LogP contribution is 2.14. The summed E-state index contributed by atoms with van der Waals surface area (Å²) in [5.74, 6) is 0.415. The summed E-state index contributed by atoms with van der Waals surface area (Å²) in [6.45, 7) is 2.29. The Bertz CT molecular complexity index is 375. The molecule has 1 saturated heterocycles. The molecule has 1 fully saturated rings. The van der Waals surface area contributed by atoms with Gasteiger partial charge >= 0.3 is 0 Å². The molecule has 4 nitrogen and oxygen atoms in total. The average Bonchev–Trinajstić information content (AvgIpc) is 2.46. The van der Waals surface area contributed by atoms with Crippen LogP contribution in [0.3, 0.4) is 0 Å². The SMILES string of the molecule is NC(C(=O)NCC1CCOCC1)c1ccccc1. The molecule has 0 radical (unpaired) electrons. The van der Waals surface area contributed by atoms with Crippen molar-refractivity contribution in [2.24, 2.45) is 11.7 Å². The van der Waals surface area contributed by atoms with Crippen molar-refractivity contribution in [1.29, 1.82) is 0 Å². The molecule has 2 rings (SSSR count). The van der Waals surface area contributed by atoms with Crippen LogP contribution in [0.15, 0.2) is 30.3 Å². The van der Waals surface area contributed by atoms with Gasteiger partial charge in [0.2, 0.25) is 5.91 Å². The number of nitrogens with two attached hydrogens (primary N) is 1. The van der Waals surface area contributed by atoms with Crippen LogP contribution in [0.25, 0.3) is 0 Å². The van der Waals surface area contributed by atoms with Crippen molar-refractivity contribution in [3.8, 4) is 0 Å². The molecule has 0 aromatic heterocycles. The van der Waals surface area contributed by atoms with Crippen LogP contribution in [-0.2, 0) is 9.53 Å². The molecule has 1 aromatic rings. The molecule has 1 heterocycles. The van der Waals surface area contributed by atoms with Gasteiger partial charge in [-0.25, -0.2) is 0 Å². The minimum absolute atomic E-state index is 0.104. The number of ether oxygens (including phenoxy) is 1. The highest BCUT2D eigenvalue weighted by atomic mass is 16.5. The third kappa shape index (κ3) is 3.55. The molecule has 0 saturated carbocycles. The average molecular weight is 248 g/mol. The van der Waals surface area contributed by atoms with Crippen molar-refractivity contribution in [1.82, 2.24) is 5.32 Å². The zero-order valence-electron chi connectivity index (χ0n) is 10.5. The standard InChI is InChI=1S/C14H20N2O2/c15-13(12-4-2-1-3-5-12)14(17)16-10-11-6-8-18-9-7-11/h1-5,11,13H,6-10,15H2,(H,16,17). The summed E-state index contributed by atoms with van der Waals surface area (Å²) in [4.78, 5) is 11.9. The Morgan fingerprint density at radius 2 is 2.00 bits per heavy atom. The molecular weight excluding hydrogens is 228 g/mol. The maximum absolute atomic E-state index is 11.9. The van der Waals surface area contributed by atoms with E-state index in [1.165, 1.54) is 0 Å². The Balaban J connectivity index is 1.80. The predicted molar refractivity (Wildman–Crippen MR) is 69.9 cm³/mol. The molecule has 0 spiro atoms. The highest BCUT2D eigenvalue weighted by Gasteiger charge is 2.18. The number of carbonyl (C=O) groups is 1. The van der Waals surface area contributed by atoms with Gasteiger partial charge in [0.1, 0.15) is 6.04 Å². The van der Waals surface area contributed by atoms with E-state index in [-0.39, 0.29) is 5.91 Å². The fraction of sp³-hybridized carbons (Fsp3) is 0.500. The molecule has 1 aliphatic heterocycles. The summed E-state index contributed by atoms with van der Waals surface area (Å²) < 4.78 is 5.29. The molecular formula is C14H20N2O2. The number of benzene rings is 1. The fourth-order valence-electron chi connectivity index (χ4n) is 2.12. The number of carbonyl (C=O) groups excluding carboxylic acids is 1. The van der Waals surface area contributed by atoms with E-state index in [9.17, 15) is 4.79 Å². The number of nitrogens with one attached hydrogen (secondary N) is 1. The van der Waals surface area contributed by atoms with Gasteiger partial charge in [0.05, 0.1) is 0 Å². The lowest BCUT2D eigenvalue weighted by molar-refractivity contribution is -0.122. The minimum atomic E-state index is -0.578. The third-order valence-electron chi connectivity index (χ3n) is 3.35. The van der Waals surface area contributed by atoms with E-state index in [4.69, 9.17) is 10.5 Å². The van der Waals surface area contributed by atoms with Gasteiger partial charge in [0.15, 0.2) is 0 Å². The van der Waals surface area contributed by atoms with E-state index in [2.05, 4.69) is 5.32 Å². The summed E-state index contributed by atoms with van der Waals surface area (Å²) in [6, 6.07) is 8.86. The fourth-order valence-corrected chi connectivity index (χ4v) is 2.12.